The van der Waals surface area contributed by atoms with Crippen LogP contribution in [0.15, 0.2) is 18.2 Å². The molecule has 0 aromatic heterocycles. The van der Waals surface area contributed by atoms with E-state index in [-0.39, 0.29) is 5.54 Å². The summed E-state index contributed by atoms with van der Waals surface area (Å²) in [5.41, 5.74) is 1.20. The zero-order chi connectivity index (χ0) is 14.3. The normalized spacial score (nSPS) is 22.1. The molecule has 1 heterocycles. The first-order chi connectivity index (χ1) is 10.3. The third kappa shape index (κ3) is 2.55. The van der Waals surface area contributed by atoms with Crippen molar-refractivity contribution in [2.24, 2.45) is 5.92 Å². The molecule has 0 amide bonds. The van der Waals surface area contributed by atoms with Gasteiger partial charge in [0.25, 0.3) is 0 Å². The molecule has 2 N–H and O–H groups in total. The van der Waals surface area contributed by atoms with Crippen LogP contribution in [0.2, 0.25) is 0 Å². The third-order valence-corrected chi connectivity index (χ3v) is 5.05. The van der Waals surface area contributed by atoms with Gasteiger partial charge in [-0.3, -0.25) is 0 Å². The van der Waals surface area contributed by atoms with Crippen molar-refractivity contribution >= 4 is 23.0 Å². The summed E-state index contributed by atoms with van der Waals surface area (Å²) in [6.45, 7) is 0.298. The average molecular weight is 304 g/mol. The summed E-state index contributed by atoms with van der Waals surface area (Å²) < 4.78 is 10.7. The zero-order valence-corrected chi connectivity index (χ0v) is 12.8. The summed E-state index contributed by atoms with van der Waals surface area (Å²) in [7, 11) is 0. The van der Waals surface area contributed by atoms with E-state index >= 15 is 0 Å². The predicted octanol–water partition coefficient (Wildman–Crippen LogP) is 3.42. The van der Waals surface area contributed by atoms with Crippen molar-refractivity contribution in [1.82, 2.24) is 5.32 Å². The monoisotopic (exact) mass is 304 g/mol. The SMILES string of the molecule is S=C(Nc1ccc2c(c1)OCO2)NC1(C2CC2)CCCC1. The van der Waals surface area contributed by atoms with Crippen LogP contribution < -0.4 is 20.1 Å². The van der Waals surface area contributed by atoms with Gasteiger partial charge in [-0.05, 0) is 56.0 Å². The minimum absolute atomic E-state index is 0.250. The van der Waals surface area contributed by atoms with E-state index < -0.39 is 0 Å². The van der Waals surface area contributed by atoms with Gasteiger partial charge in [0.05, 0.1) is 0 Å². The topological polar surface area (TPSA) is 42.5 Å². The van der Waals surface area contributed by atoms with E-state index in [1.165, 1.54) is 38.5 Å². The van der Waals surface area contributed by atoms with E-state index in [4.69, 9.17) is 21.7 Å². The van der Waals surface area contributed by atoms with Crippen molar-refractivity contribution in [2.45, 2.75) is 44.1 Å². The van der Waals surface area contributed by atoms with Gasteiger partial charge in [0.15, 0.2) is 16.6 Å². The number of hydrogen-bond donors (Lipinski definition) is 2. The lowest BCUT2D eigenvalue weighted by Crippen LogP contribution is -2.49. The van der Waals surface area contributed by atoms with E-state index in [0.717, 1.165) is 28.2 Å². The van der Waals surface area contributed by atoms with E-state index in [1.807, 2.05) is 18.2 Å². The minimum atomic E-state index is 0.250. The number of thiocarbonyl (C=S) groups is 1. The highest BCUT2D eigenvalue weighted by Gasteiger charge is 2.47. The van der Waals surface area contributed by atoms with Gasteiger partial charge in [-0.1, -0.05) is 12.8 Å². The van der Waals surface area contributed by atoms with Gasteiger partial charge in [0.2, 0.25) is 6.79 Å². The second-order valence-corrected chi connectivity index (χ2v) is 6.69. The molecule has 1 aliphatic heterocycles. The Morgan fingerprint density at radius 1 is 1.14 bits per heavy atom. The van der Waals surface area contributed by atoms with Gasteiger partial charge < -0.3 is 20.1 Å². The van der Waals surface area contributed by atoms with Crippen LogP contribution in [0.5, 0.6) is 11.5 Å². The first kappa shape index (κ1) is 13.2. The molecule has 5 heteroatoms. The van der Waals surface area contributed by atoms with E-state index in [0.29, 0.717) is 6.79 Å². The fraction of sp³-hybridized carbons (Fsp3) is 0.562. The first-order valence-corrected chi connectivity index (χ1v) is 8.15. The molecule has 3 aliphatic rings. The summed E-state index contributed by atoms with van der Waals surface area (Å²) in [6.07, 6.45) is 7.83. The number of ether oxygens (including phenoxy) is 2. The Bertz CT molecular complexity index is 565. The molecule has 4 rings (SSSR count). The van der Waals surface area contributed by atoms with Crippen LogP contribution in [0.1, 0.15) is 38.5 Å². The Morgan fingerprint density at radius 2 is 1.90 bits per heavy atom. The molecule has 0 bridgehead atoms. The summed E-state index contributed by atoms with van der Waals surface area (Å²) in [4.78, 5) is 0. The van der Waals surface area contributed by atoms with Crippen molar-refractivity contribution in [1.29, 1.82) is 0 Å². The molecule has 2 aliphatic carbocycles. The van der Waals surface area contributed by atoms with Gasteiger partial charge in [-0.15, -0.1) is 0 Å². The highest BCUT2D eigenvalue weighted by atomic mass is 32.1. The number of rotatable bonds is 3. The number of hydrogen-bond acceptors (Lipinski definition) is 3. The van der Waals surface area contributed by atoms with Crippen LogP contribution in [-0.4, -0.2) is 17.4 Å². The highest BCUT2D eigenvalue weighted by molar-refractivity contribution is 7.80. The van der Waals surface area contributed by atoms with Gasteiger partial charge in [0.1, 0.15) is 0 Å². The molecule has 2 fully saturated rings. The second kappa shape index (κ2) is 5.05. The number of nitrogens with one attached hydrogen (secondary N) is 2. The van der Waals surface area contributed by atoms with E-state index in [2.05, 4.69) is 10.6 Å². The highest BCUT2D eigenvalue weighted by Crippen LogP contribution is 2.48. The maximum absolute atomic E-state index is 5.53. The summed E-state index contributed by atoms with van der Waals surface area (Å²) >= 11 is 5.53. The van der Waals surface area contributed by atoms with Crippen molar-refractivity contribution in [3.63, 3.8) is 0 Å². The van der Waals surface area contributed by atoms with Crippen molar-refractivity contribution < 1.29 is 9.47 Å². The first-order valence-electron chi connectivity index (χ1n) is 7.74. The standard InChI is InChI=1S/C16H20N2O2S/c21-15(18-16(11-3-4-11)7-1-2-8-16)17-12-5-6-13-14(9-12)20-10-19-13/h5-6,9,11H,1-4,7-8,10H2,(H2,17,18,21). The molecule has 0 unspecified atom stereocenters. The van der Waals surface area contributed by atoms with Gasteiger partial charge in [-0.2, -0.15) is 0 Å². The molecule has 1 aromatic rings. The minimum Gasteiger partial charge on any atom is -0.454 e. The van der Waals surface area contributed by atoms with Crippen molar-refractivity contribution in [2.75, 3.05) is 12.1 Å². The maximum Gasteiger partial charge on any atom is 0.231 e. The summed E-state index contributed by atoms with van der Waals surface area (Å²) in [5.74, 6) is 2.39. The summed E-state index contributed by atoms with van der Waals surface area (Å²) in [6, 6.07) is 5.83. The molecule has 1 aromatic carbocycles. The molecule has 112 valence electrons. The number of anilines is 1. The van der Waals surface area contributed by atoms with Crippen molar-refractivity contribution in [3.05, 3.63) is 18.2 Å². The lowest BCUT2D eigenvalue weighted by Gasteiger charge is -2.32. The Kier molecular flexibility index (Phi) is 3.17. The molecule has 2 saturated carbocycles. The van der Waals surface area contributed by atoms with E-state index in [1.54, 1.807) is 0 Å². The van der Waals surface area contributed by atoms with Crippen LogP contribution in [0, 0.1) is 5.92 Å². The van der Waals surface area contributed by atoms with Crippen LogP contribution in [0.4, 0.5) is 5.69 Å². The van der Waals surface area contributed by atoms with Gasteiger partial charge >= 0.3 is 0 Å². The average Bonchev–Trinajstić information content (AvgIpc) is 3.06. The third-order valence-electron chi connectivity index (χ3n) is 4.85. The second-order valence-electron chi connectivity index (χ2n) is 6.28. The number of benzene rings is 1. The molecule has 0 radical (unpaired) electrons. The lowest BCUT2D eigenvalue weighted by atomic mass is 9.91. The molecule has 4 nitrogen and oxygen atoms in total. The molecular formula is C16H20N2O2S. The maximum atomic E-state index is 5.53. The fourth-order valence-corrected chi connectivity index (χ4v) is 3.96. The zero-order valence-electron chi connectivity index (χ0n) is 12.0. The largest absolute Gasteiger partial charge is 0.454 e. The Labute approximate surface area is 130 Å². The molecule has 0 spiro atoms. The lowest BCUT2D eigenvalue weighted by molar-refractivity contribution is 0.174. The van der Waals surface area contributed by atoms with Crippen LogP contribution in [-0.2, 0) is 0 Å². The van der Waals surface area contributed by atoms with Crippen molar-refractivity contribution in [3.8, 4) is 11.5 Å². The Hall–Kier alpha value is -1.49. The molecule has 0 atom stereocenters. The predicted molar refractivity (Wildman–Crippen MR) is 85.8 cm³/mol. The Morgan fingerprint density at radius 3 is 2.67 bits per heavy atom. The smallest absolute Gasteiger partial charge is 0.231 e. The fourth-order valence-electron chi connectivity index (χ4n) is 3.64. The molecule has 21 heavy (non-hydrogen) atoms. The summed E-state index contributed by atoms with van der Waals surface area (Å²) in [5, 5.41) is 7.63. The number of fused-ring (bicyclic) bond motifs is 1. The van der Waals surface area contributed by atoms with Crippen LogP contribution in [0.3, 0.4) is 0 Å². The quantitative estimate of drug-likeness (QED) is 0.838. The Balaban J connectivity index is 1.43. The van der Waals surface area contributed by atoms with Gasteiger partial charge in [-0.25, -0.2) is 0 Å². The van der Waals surface area contributed by atoms with Crippen LogP contribution in [0.25, 0.3) is 0 Å². The van der Waals surface area contributed by atoms with Gasteiger partial charge in [0, 0.05) is 17.3 Å². The van der Waals surface area contributed by atoms with Crippen LogP contribution >= 0.6 is 12.2 Å². The van der Waals surface area contributed by atoms with E-state index in [9.17, 15) is 0 Å². The molecular weight excluding hydrogens is 284 g/mol. The molecule has 0 saturated heterocycles.